The molecule has 6 nitrogen and oxygen atoms in total. The first-order valence-corrected chi connectivity index (χ1v) is 7.68. The first-order valence-electron chi connectivity index (χ1n) is 7.68. The Bertz CT molecular complexity index is 620. The molecule has 0 bridgehead atoms. The Hall–Kier alpha value is -2.34. The van der Waals surface area contributed by atoms with Gasteiger partial charge in [-0.15, -0.1) is 0 Å². The third-order valence-electron chi connectivity index (χ3n) is 3.34. The van der Waals surface area contributed by atoms with E-state index in [2.05, 4.69) is 39.7 Å². The molecule has 124 valence electrons. The second-order valence-electron chi connectivity index (χ2n) is 5.18. The Morgan fingerprint density at radius 1 is 1.26 bits per heavy atom. The second kappa shape index (κ2) is 8.95. The molecule has 6 heteroatoms. The van der Waals surface area contributed by atoms with Crippen molar-refractivity contribution in [3.63, 3.8) is 0 Å². The highest BCUT2D eigenvalue weighted by Gasteiger charge is 2.07. The number of aliphatic imine (C=N–C) groups is 1. The topological polar surface area (TPSA) is 71.7 Å². The van der Waals surface area contributed by atoms with Gasteiger partial charge in [0.15, 0.2) is 11.7 Å². The summed E-state index contributed by atoms with van der Waals surface area (Å²) in [7, 11) is 3.43. The number of aromatic nitrogens is 1. The molecule has 2 N–H and O–H groups in total. The van der Waals surface area contributed by atoms with Gasteiger partial charge in [-0.2, -0.15) is 0 Å². The molecule has 2 aromatic rings. The fraction of sp³-hybridized carbons (Fsp3) is 0.412. The largest absolute Gasteiger partial charge is 0.439 e. The van der Waals surface area contributed by atoms with Crippen LogP contribution in [-0.2, 0) is 11.3 Å². The SMILES string of the molecule is CN=C(NCCCOC)NCc1ncc(-c2ccc(C)cc2)o1. The predicted octanol–water partition coefficient (Wildman–Crippen LogP) is 2.35. The highest BCUT2D eigenvalue weighted by molar-refractivity contribution is 5.79. The van der Waals surface area contributed by atoms with E-state index in [-0.39, 0.29) is 0 Å². The lowest BCUT2D eigenvalue weighted by Crippen LogP contribution is -2.37. The normalized spacial score (nSPS) is 11.5. The molecule has 0 unspecified atom stereocenters. The minimum atomic E-state index is 0.482. The van der Waals surface area contributed by atoms with Crippen molar-refractivity contribution in [3.8, 4) is 11.3 Å². The molecule has 1 aromatic heterocycles. The van der Waals surface area contributed by atoms with Gasteiger partial charge >= 0.3 is 0 Å². The Balaban J connectivity index is 1.85. The molecular weight excluding hydrogens is 292 g/mol. The van der Waals surface area contributed by atoms with Crippen LogP contribution < -0.4 is 10.6 Å². The quantitative estimate of drug-likeness (QED) is 0.466. The summed E-state index contributed by atoms with van der Waals surface area (Å²) in [4.78, 5) is 8.46. The van der Waals surface area contributed by atoms with E-state index < -0.39 is 0 Å². The van der Waals surface area contributed by atoms with Crippen LogP contribution in [0, 0.1) is 6.92 Å². The van der Waals surface area contributed by atoms with Crippen LogP contribution in [0.15, 0.2) is 39.9 Å². The molecule has 1 aromatic carbocycles. The van der Waals surface area contributed by atoms with Gasteiger partial charge in [-0.3, -0.25) is 4.99 Å². The number of hydrogen-bond acceptors (Lipinski definition) is 4. The van der Waals surface area contributed by atoms with Gasteiger partial charge in [0.2, 0.25) is 5.89 Å². The van der Waals surface area contributed by atoms with Gasteiger partial charge in [-0.1, -0.05) is 29.8 Å². The van der Waals surface area contributed by atoms with Gasteiger partial charge in [-0.25, -0.2) is 4.98 Å². The van der Waals surface area contributed by atoms with Crippen LogP contribution in [0.5, 0.6) is 0 Å². The minimum absolute atomic E-state index is 0.482. The standard InChI is InChI=1S/C17H24N4O2/c1-13-5-7-14(8-6-13)15-11-20-16(23-15)12-21-17(18-2)19-9-4-10-22-3/h5-8,11H,4,9-10,12H2,1-3H3,(H2,18,19,21). The van der Waals surface area contributed by atoms with Crippen LogP contribution in [-0.4, -0.2) is 38.3 Å². The number of nitrogens with one attached hydrogen (secondary N) is 2. The number of aryl methyl sites for hydroxylation is 1. The highest BCUT2D eigenvalue weighted by Crippen LogP contribution is 2.20. The fourth-order valence-corrected chi connectivity index (χ4v) is 2.05. The van der Waals surface area contributed by atoms with Crippen molar-refractivity contribution in [3.05, 3.63) is 41.9 Å². The lowest BCUT2D eigenvalue weighted by Gasteiger charge is -2.10. The molecule has 0 spiro atoms. The lowest BCUT2D eigenvalue weighted by atomic mass is 10.1. The number of methoxy groups -OCH3 is 1. The first-order chi connectivity index (χ1) is 11.2. The zero-order valence-electron chi connectivity index (χ0n) is 13.9. The molecule has 0 aliphatic rings. The summed E-state index contributed by atoms with van der Waals surface area (Å²) in [5.74, 6) is 2.11. The monoisotopic (exact) mass is 316 g/mol. The fourth-order valence-electron chi connectivity index (χ4n) is 2.05. The molecule has 0 radical (unpaired) electrons. The van der Waals surface area contributed by atoms with E-state index in [1.807, 2.05) is 12.1 Å². The van der Waals surface area contributed by atoms with E-state index in [1.165, 1.54) is 5.56 Å². The molecular formula is C17H24N4O2. The van der Waals surface area contributed by atoms with Gasteiger partial charge in [0, 0.05) is 32.9 Å². The maximum atomic E-state index is 5.77. The summed E-state index contributed by atoms with van der Waals surface area (Å²) in [5, 5.41) is 6.39. The van der Waals surface area contributed by atoms with E-state index >= 15 is 0 Å². The summed E-state index contributed by atoms with van der Waals surface area (Å²) in [6.45, 7) is 4.07. The summed E-state index contributed by atoms with van der Waals surface area (Å²) < 4.78 is 10.8. The van der Waals surface area contributed by atoms with Gasteiger partial charge in [0.25, 0.3) is 0 Å². The van der Waals surface area contributed by atoms with E-state index in [4.69, 9.17) is 9.15 Å². The highest BCUT2D eigenvalue weighted by atomic mass is 16.5. The van der Waals surface area contributed by atoms with E-state index in [1.54, 1.807) is 20.4 Å². The van der Waals surface area contributed by atoms with Crippen molar-refractivity contribution >= 4 is 5.96 Å². The van der Waals surface area contributed by atoms with E-state index in [0.29, 0.717) is 12.4 Å². The van der Waals surface area contributed by atoms with Crippen LogP contribution in [0.2, 0.25) is 0 Å². The van der Waals surface area contributed by atoms with Crippen molar-refractivity contribution in [2.75, 3.05) is 27.3 Å². The summed E-state index contributed by atoms with van der Waals surface area (Å²) in [6, 6.07) is 8.18. The molecule has 0 amide bonds. The van der Waals surface area contributed by atoms with Crippen LogP contribution >= 0.6 is 0 Å². The molecule has 0 aliphatic heterocycles. The maximum absolute atomic E-state index is 5.77. The molecule has 0 saturated carbocycles. The Morgan fingerprint density at radius 2 is 2.04 bits per heavy atom. The zero-order valence-corrected chi connectivity index (χ0v) is 13.9. The van der Waals surface area contributed by atoms with E-state index in [9.17, 15) is 0 Å². The summed E-state index contributed by atoms with van der Waals surface area (Å²) in [5.41, 5.74) is 2.25. The van der Waals surface area contributed by atoms with Crippen LogP contribution in [0.3, 0.4) is 0 Å². The molecule has 0 fully saturated rings. The summed E-state index contributed by atoms with van der Waals surface area (Å²) >= 11 is 0. The first kappa shape index (κ1) is 17.0. The third kappa shape index (κ3) is 5.41. The smallest absolute Gasteiger partial charge is 0.214 e. The molecule has 1 heterocycles. The number of hydrogen-bond donors (Lipinski definition) is 2. The van der Waals surface area contributed by atoms with Gasteiger partial charge < -0.3 is 19.8 Å². The Morgan fingerprint density at radius 3 is 2.74 bits per heavy atom. The number of oxazole rings is 1. The third-order valence-corrected chi connectivity index (χ3v) is 3.34. The number of guanidine groups is 1. The number of benzene rings is 1. The van der Waals surface area contributed by atoms with E-state index in [0.717, 1.165) is 36.9 Å². The average Bonchev–Trinajstić information content (AvgIpc) is 3.04. The Labute approximate surface area is 137 Å². The number of nitrogens with zero attached hydrogens (tertiary/aromatic N) is 2. The number of ether oxygens (including phenoxy) is 1. The van der Waals surface area contributed by atoms with Crippen LogP contribution in [0.1, 0.15) is 17.9 Å². The molecule has 0 saturated heterocycles. The van der Waals surface area contributed by atoms with Crippen molar-refractivity contribution in [1.29, 1.82) is 0 Å². The van der Waals surface area contributed by atoms with Gasteiger partial charge in [0.05, 0.1) is 12.7 Å². The molecule has 0 aliphatic carbocycles. The predicted molar refractivity (Wildman–Crippen MR) is 91.4 cm³/mol. The second-order valence-corrected chi connectivity index (χ2v) is 5.18. The molecule has 23 heavy (non-hydrogen) atoms. The van der Waals surface area contributed by atoms with Crippen molar-refractivity contribution in [1.82, 2.24) is 15.6 Å². The number of rotatable bonds is 7. The molecule has 2 rings (SSSR count). The average molecular weight is 316 g/mol. The van der Waals surface area contributed by atoms with Crippen molar-refractivity contribution < 1.29 is 9.15 Å². The Kier molecular flexibility index (Phi) is 6.62. The minimum Gasteiger partial charge on any atom is -0.439 e. The molecule has 0 atom stereocenters. The zero-order chi connectivity index (χ0) is 16.5. The van der Waals surface area contributed by atoms with Crippen molar-refractivity contribution in [2.24, 2.45) is 4.99 Å². The van der Waals surface area contributed by atoms with Crippen molar-refractivity contribution in [2.45, 2.75) is 19.9 Å². The van der Waals surface area contributed by atoms with Gasteiger partial charge in [-0.05, 0) is 13.3 Å². The maximum Gasteiger partial charge on any atom is 0.214 e. The van der Waals surface area contributed by atoms with Crippen LogP contribution in [0.25, 0.3) is 11.3 Å². The van der Waals surface area contributed by atoms with Gasteiger partial charge in [0.1, 0.15) is 0 Å². The lowest BCUT2D eigenvalue weighted by molar-refractivity contribution is 0.195. The van der Waals surface area contributed by atoms with Crippen LogP contribution in [0.4, 0.5) is 0 Å². The summed E-state index contributed by atoms with van der Waals surface area (Å²) in [6.07, 6.45) is 2.67.